The van der Waals surface area contributed by atoms with Crippen molar-refractivity contribution in [1.82, 2.24) is 0 Å². The Balaban J connectivity index is 2.09. The quantitative estimate of drug-likeness (QED) is 0.229. The van der Waals surface area contributed by atoms with E-state index in [0.717, 1.165) is 73.6 Å². The van der Waals surface area contributed by atoms with E-state index in [1.54, 1.807) is 18.2 Å². The van der Waals surface area contributed by atoms with Crippen LogP contribution in [0.15, 0.2) is 42.5 Å². The zero-order valence-corrected chi connectivity index (χ0v) is 23.3. The van der Waals surface area contributed by atoms with Crippen LogP contribution in [0.3, 0.4) is 0 Å². The number of aryl methyl sites for hydroxylation is 2. The van der Waals surface area contributed by atoms with Crippen molar-refractivity contribution in [3.63, 3.8) is 0 Å². The summed E-state index contributed by atoms with van der Waals surface area (Å²) in [6.45, 7) is 8.29. The van der Waals surface area contributed by atoms with Crippen LogP contribution in [0.1, 0.15) is 113 Å². The van der Waals surface area contributed by atoms with Crippen molar-refractivity contribution >= 4 is 11.9 Å². The number of hydrogen-bond donors (Lipinski definition) is 3. The smallest absolute Gasteiger partial charge is 0.340 e. The summed E-state index contributed by atoms with van der Waals surface area (Å²) in [5.74, 6) is -1.49. The number of aromatic carboxylic acids is 1. The second-order valence-corrected chi connectivity index (χ2v) is 10.4. The molecule has 0 atom stereocenters. The summed E-state index contributed by atoms with van der Waals surface area (Å²) in [6, 6.07) is 11.8. The molecule has 3 N–H and O–H groups in total. The van der Waals surface area contributed by atoms with Crippen LogP contribution >= 0.6 is 0 Å². The lowest BCUT2D eigenvalue weighted by Gasteiger charge is -2.32. The SMILES string of the molecule is CCCc1cc(C2(c3cc(O)c(CCC)c(CCC)c3)OC(=O)c3cc(C(=O)O)ccc32)cc(O)c1CCC. The van der Waals surface area contributed by atoms with Crippen LogP contribution in [-0.4, -0.2) is 27.3 Å². The Labute approximate surface area is 230 Å². The average Bonchev–Trinajstić information content (AvgIpc) is 3.20. The molecule has 1 aliphatic heterocycles. The molecular weight excluding hydrogens is 492 g/mol. The van der Waals surface area contributed by atoms with Gasteiger partial charge in [0.15, 0.2) is 5.60 Å². The Morgan fingerprint density at radius 3 is 1.67 bits per heavy atom. The second-order valence-electron chi connectivity index (χ2n) is 10.4. The lowest BCUT2D eigenvalue weighted by atomic mass is 9.76. The number of benzene rings is 3. The van der Waals surface area contributed by atoms with E-state index in [1.807, 2.05) is 12.1 Å². The van der Waals surface area contributed by atoms with Crippen molar-refractivity contribution in [2.45, 2.75) is 84.7 Å². The first-order valence-electron chi connectivity index (χ1n) is 14.0. The molecule has 0 aromatic heterocycles. The number of carboxylic acids is 1. The third-order valence-electron chi connectivity index (χ3n) is 7.60. The summed E-state index contributed by atoms with van der Waals surface area (Å²) in [7, 11) is 0. The van der Waals surface area contributed by atoms with E-state index in [2.05, 4.69) is 27.7 Å². The highest BCUT2D eigenvalue weighted by Gasteiger charge is 2.50. The van der Waals surface area contributed by atoms with Gasteiger partial charge < -0.3 is 20.1 Å². The van der Waals surface area contributed by atoms with Gasteiger partial charge in [0.1, 0.15) is 11.5 Å². The lowest BCUT2D eigenvalue weighted by molar-refractivity contribution is 0.0249. The average molecular weight is 531 g/mol. The predicted molar refractivity (Wildman–Crippen MR) is 151 cm³/mol. The maximum absolute atomic E-state index is 13.4. The second kappa shape index (κ2) is 11.5. The number of esters is 1. The van der Waals surface area contributed by atoms with Gasteiger partial charge in [-0.2, -0.15) is 0 Å². The van der Waals surface area contributed by atoms with Crippen LogP contribution < -0.4 is 0 Å². The minimum absolute atomic E-state index is 0.0119. The summed E-state index contributed by atoms with van der Waals surface area (Å²) in [4.78, 5) is 25.1. The fraction of sp³-hybridized carbons (Fsp3) is 0.394. The standard InChI is InChI=1S/C33H38O6/c1-5-9-20-15-23(18-29(34)25(20)11-7-3)33(24-16-21(10-6-2)26(12-8-4)30(35)19-24)28-14-13-22(31(36)37)17-27(28)32(38)39-33/h13-19,34-35H,5-12H2,1-4H3,(H,36,37). The summed E-state index contributed by atoms with van der Waals surface area (Å²) >= 11 is 0. The molecule has 0 unspecified atom stereocenters. The first-order valence-corrected chi connectivity index (χ1v) is 14.0. The Hall–Kier alpha value is -3.80. The molecule has 0 spiro atoms. The maximum Gasteiger partial charge on any atom is 0.340 e. The van der Waals surface area contributed by atoms with Crippen molar-refractivity contribution in [3.8, 4) is 11.5 Å². The highest BCUT2D eigenvalue weighted by molar-refractivity contribution is 5.99. The number of carbonyl (C=O) groups excluding carboxylic acids is 1. The fourth-order valence-corrected chi connectivity index (χ4v) is 5.90. The number of phenols is 2. The number of phenolic OH excluding ortho intramolecular Hbond substituents is 2. The van der Waals surface area contributed by atoms with Crippen molar-refractivity contribution in [3.05, 3.63) is 92.5 Å². The van der Waals surface area contributed by atoms with Crippen molar-refractivity contribution in [1.29, 1.82) is 0 Å². The van der Waals surface area contributed by atoms with Gasteiger partial charge in [-0.25, -0.2) is 9.59 Å². The molecular formula is C33H38O6. The topological polar surface area (TPSA) is 104 Å². The number of cyclic esters (lactones) is 1. The number of ether oxygens (including phenoxy) is 1. The molecule has 39 heavy (non-hydrogen) atoms. The molecule has 206 valence electrons. The van der Waals surface area contributed by atoms with E-state index in [4.69, 9.17) is 4.74 Å². The van der Waals surface area contributed by atoms with Crippen molar-refractivity contribution < 1.29 is 29.6 Å². The zero-order valence-electron chi connectivity index (χ0n) is 23.3. The molecule has 3 aromatic rings. The van der Waals surface area contributed by atoms with E-state index >= 15 is 0 Å². The van der Waals surface area contributed by atoms with Crippen LogP contribution in [-0.2, 0) is 36.0 Å². The van der Waals surface area contributed by atoms with Gasteiger partial charge in [-0.1, -0.05) is 71.6 Å². The van der Waals surface area contributed by atoms with Gasteiger partial charge in [-0.3, -0.25) is 0 Å². The van der Waals surface area contributed by atoms with Crippen LogP contribution in [0.25, 0.3) is 0 Å². The summed E-state index contributed by atoms with van der Waals surface area (Å²) in [6.07, 6.45) is 6.42. The van der Waals surface area contributed by atoms with Gasteiger partial charge >= 0.3 is 11.9 Å². The first-order chi connectivity index (χ1) is 18.7. The molecule has 0 fully saturated rings. The molecule has 6 heteroatoms. The zero-order chi connectivity index (χ0) is 28.3. The maximum atomic E-state index is 13.4. The number of carboxylic acid groups (broad SMARTS) is 1. The molecule has 3 aromatic carbocycles. The monoisotopic (exact) mass is 530 g/mol. The summed E-state index contributed by atoms with van der Waals surface area (Å²) < 4.78 is 6.25. The van der Waals surface area contributed by atoms with E-state index in [1.165, 1.54) is 12.1 Å². The Kier molecular flexibility index (Phi) is 8.34. The van der Waals surface area contributed by atoms with Crippen molar-refractivity contribution in [2.75, 3.05) is 0 Å². The summed E-state index contributed by atoms with van der Waals surface area (Å²) in [5.41, 5.74) is 4.08. The van der Waals surface area contributed by atoms with Gasteiger partial charge in [-0.15, -0.1) is 0 Å². The Bertz CT molecular complexity index is 1340. The predicted octanol–water partition coefficient (Wildman–Crippen LogP) is 7.07. The lowest BCUT2D eigenvalue weighted by Crippen LogP contribution is -2.30. The third kappa shape index (κ3) is 5.00. The molecule has 1 aliphatic rings. The molecule has 0 aliphatic carbocycles. The van der Waals surface area contributed by atoms with Gasteiger partial charge in [0.2, 0.25) is 0 Å². The largest absolute Gasteiger partial charge is 0.508 e. The highest BCUT2D eigenvalue weighted by atomic mass is 16.6. The highest BCUT2D eigenvalue weighted by Crippen LogP contribution is 2.50. The van der Waals surface area contributed by atoms with E-state index in [9.17, 15) is 24.9 Å². The van der Waals surface area contributed by atoms with Gasteiger partial charge in [-0.05, 0) is 72.2 Å². The molecule has 0 radical (unpaired) electrons. The van der Waals surface area contributed by atoms with Crippen molar-refractivity contribution in [2.24, 2.45) is 0 Å². The first kappa shape index (κ1) is 28.2. The van der Waals surface area contributed by atoms with Gasteiger partial charge in [0.05, 0.1) is 11.1 Å². The van der Waals surface area contributed by atoms with Crippen LogP contribution in [0.4, 0.5) is 0 Å². The Morgan fingerprint density at radius 2 is 1.23 bits per heavy atom. The number of aromatic hydroxyl groups is 2. The minimum Gasteiger partial charge on any atom is -0.508 e. The van der Waals surface area contributed by atoms with Crippen LogP contribution in [0, 0.1) is 0 Å². The molecule has 0 saturated carbocycles. The fourth-order valence-electron chi connectivity index (χ4n) is 5.90. The number of rotatable bonds is 11. The number of fused-ring (bicyclic) bond motifs is 1. The molecule has 6 nitrogen and oxygen atoms in total. The molecule has 1 heterocycles. The van der Waals surface area contributed by atoms with Crippen LogP contribution in [0.2, 0.25) is 0 Å². The molecule has 4 rings (SSSR count). The minimum atomic E-state index is -1.46. The van der Waals surface area contributed by atoms with E-state index in [-0.39, 0.29) is 22.6 Å². The normalized spacial score (nSPS) is 13.8. The molecule has 0 amide bonds. The van der Waals surface area contributed by atoms with Gasteiger partial charge in [0, 0.05) is 16.7 Å². The van der Waals surface area contributed by atoms with E-state index in [0.29, 0.717) is 16.7 Å². The number of carbonyl (C=O) groups is 2. The Morgan fingerprint density at radius 1 is 0.744 bits per heavy atom. The van der Waals surface area contributed by atoms with Crippen LogP contribution in [0.5, 0.6) is 11.5 Å². The van der Waals surface area contributed by atoms with Gasteiger partial charge in [0.25, 0.3) is 0 Å². The van der Waals surface area contributed by atoms with E-state index < -0.39 is 17.5 Å². The molecule has 0 saturated heterocycles. The third-order valence-corrected chi connectivity index (χ3v) is 7.60. The summed E-state index contributed by atoms with van der Waals surface area (Å²) in [5, 5.41) is 32.0. The number of hydrogen-bond acceptors (Lipinski definition) is 5. The molecule has 0 bridgehead atoms.